The van der Waals surface area contributed by atoms with Crippen LogP contribution in [0.4, 0.5) is 0 Å². The zero-order valence-corrected chi connectivity index (χ0v) is 7.58. The van der Waals surface area contributed by atoms with Gasteiger partial charge in [0.1, 0.15) is 0 Å². The molecule has 0 aromatic carbocycles. The predicted octanol–water partition coefficient (Wildman–Crippen LogP) is -0.859. The molecule has 0 aromatic heterocycles. The lowest BCUT2D eigenvalue weighted by atomic mass is 10.2. The third-order valence-corrected chi connectivity index (χ3v) is 1.51. The molecule has 2 amide bonds. The smallest absolute Gasteiger partial charge is 0.220 e. The lowest BCUT2D eigenvalue weighted by Crippen LogP contribution is -2.26. The van der Waals surface area contributed by atoms with E-state index in [9.17, 15) is 9.59 Å². The fraction of sp³-hybridized carbons (Fsp3) is 0.750. The second-order valence-corrected chi connectivity index (χ2v) is 2.75. The molecular weight excluding hydrogens is 172 g/mol. The average molecular weight is 188 g/mol. The van der Waals surface area contributed by atoms with E-state index in [0.717, 1.165) is 0 Å². The van der Waals surface area contributed by atoms with E-state index in [1.807, 2.05) is 0 Å². The molecule has 0 saturated carbocycles. The molecule has 0 spiro atoms. The molecule has 0 atom stereocenters. The van der Waals surface area contributed by atoms with Gasteiger partial charge in [-0.15, -0.1) is 0 Å². The second kappa shape index (κ2) is 7.54. The molecule has 13 heavy (non-hydrogen) atoms. The summed E-state index contributed by atoms with van der Waals surface area (Å²) in [7, 11) is 0. The average Bonchev–Trinajstić information content (AvgIpc) is 2.08. The normalized spacial score (nSPS) is 9.62. The Hall–Kier alpha value is -1.10. The molecule has 0 aliphatic heterocycles. The molecule has 0 heterocycles. The summed E-state index contributed by atoms with van der Waals surface area (Å²) >= 11 is 0. The van der Waals surface area contributed by atoms with Crippen molar-refractivity contribution in [1.82, 2.24) is 5.32 Å². The van der Waals surface area contributed by atoms with Gasteiger partial charge < -0.3 is 16.2 Å². The first-order chi connectivity index (χ1) is 6.16. The van der Waals surface area contributed by atoms with Crippen molar-refractivity contribution in [2.24, 2.45) is 5.73 Å². The third-order valence-electron chi connectivity index (χ3n) is 1.51. The summed E-state index contributed by atoms with van der Waals surface area (Å²) in [5.74, 6) is -0.436. The molecular formula is C8H16N2O3. The van der Waals surface area contributed by atoms with Crippen LogP contribution in [0.3, 0.4) is 0 Å². The SMILES string of the molecule is NC(=O)CCCCC(=O)NCCO. The maximum absolute atomic E-state index is 10.9. The molecule has 0 radical (unpaired) electrons. The first-order valence-corrected chi connectivity index (χ1v) is 4.32. The summed E-state index contributed by atoms with van der Waals surface area (Å²) in [5, 5.41) is 10.9. The van der Waals surface area contributed by atoms with E-state index in [-0.39, 0.29) is 25.0 Å². The number of aliphatic hydroxyl groups excluding tert-OH is 1. The van der Waals surface area contributed by atoms with Crippen molar-refractivity contribution in [1.29, 1.82) is 0 Å². The van der Waals surface area contributed by atoms with Gasteiger partial charge in [0.25, 0.3) is 0 Å². The van der Waals surface area contributed by atoms with Gasteiger partial charge in [-0.3, -0.25) is 9.59 Å². The highest BCUT2D eigenvalue weighted by molar-refractivity contribution is 5.76. The van der Waals surface area contributed by atoms with E-state index >= 15 is 0 Å². The molecule has 76 valence electrons. The summed E-state index contributed by atoms with van der Waals surface area (Å²) in [6, 6.07) is 0. The Labute approximate surface area is 77.3 Å². The summed E-state index contributed by atoms with van der Waals surface area (Å²) in [5.41, 5.74) is 4.92. The van der Waals surface area contributed by atoms with Crippen LogP contribution in [0.25, 0.3) is 0 Å². The molecule has 0 aliphatic carbocycles. The molecule has 0 bridgehead atoms. The van der Waals surface area contributed by atoms with Crippen LogP contribution in [0.1, 0.15) is 25.7 Å². The minimum atomic E-state index is -0.337. The summed E-state index contributed by atoms with van der Waals surface area (Å²) in [4.78, 5) is 21.2. The van der Waals surface area contributed by atoms with Crippen molar-refractivity contribution in [3.8, 4) is 0 Å². The molecule has 4 N–H and O–H groups in total. The second-order valence-electron chi connectivity index (χ2n) is 2.75. The summed E-state index contributed by atoms with van der Waals surface area (Å²) < 4.78 is 0. The Morgan fingerprint density at radius 2 is 1.85 bits per heavy atom. The highest BCUT2D eigenvalue weighted by Crippen LogP contribution is 1.98. The molecule has 0 rings (SSSR count). The van der Waals surface area contributed by atoms with Crippen LogP contribution in [0.2, 0.25) is 0 Å². The van der Waals surface area contributed by atoms with E-state index in [0.29, 0.717) is 25.7 Å². The minimum absolute atomic E-state index is 0.0486. The lowest BCUT2D eigenvalue weighted by molar-refractivity contribution is -0.122. The van der Waals surface area contributed by atoms with Crippen molar-refractivity contribution in [2.45, 2.75) is 25.7 Å². The number of rotatable bonds is 7. The zero-order chi connectivity index (χ0) is 10.1. The van der Waals surface area contributed by atoms with Crippen molar-refractivity contribution < 1.29 is 14.7 Å². The predicted molar refractivity (Wildman–Crippen MR) is 47.8 cm³/mol. The fourth-order valence-corrected chi connectivity index (χ4v) is 0.868. The van der Waals surface area contributed by atoms with Gasteiger partial charge in [-0.25, -0.2) is 0 Å². The van der Waals surface area contributed by atoms with Crippen LogP contribution in [0.15, 0.2) is 0 Å². The maximum atomic E-state index is 10.9. The molecule has 0 fully saturated rings. The Balaban J connectivity index is 3.22. The van der Waals surface area contributed by atoms with E-state index in [1.54, 1.807) is 0 Å². The van der Waals surface area contributed by atoms with E-state index in [1.165, 1.54) is 0 Å². The Morgan fingerprint density at radius 1 is 1.23 bits per heavy atom. The summed E-state index contributed by atoms with van der Waals surface area (Å²) in [6.45, 7) is 0.238. The standard InChI is InChI=1S/C8H16N2O3/c9-7(12)3-1-2-4-8(13)10-5-6-11/h11H,1-6H2,(H2,9,12)(H,10,13). The van der Waals surface area contributed by atoms with E-state index in [4.69, 9.17) is 10.8 Å². The highest BCUT2D eigenvalue weighted by Gasteiger charge is 2.00. The van der Waals surface area contributed by atoms with Crippen LogP contribution in [0, 0.1) is 0 Å². The lowest BCUT2D eigenvalue weighted by Gasteiger charge is -2.01. The Kier molecular flexibility index (Phi) is 6.91. The van der Waals surface area contributed by atoms with Gasteiger partial charge in [0.05, 0.1) is 6.61 Å². The van der Waals surface area contributed by atoms with Crippen LogP contribution in [0.5, 0.6) is 0 Å². The molecule has 0 unspecified atom stereocenters. The molecule has 5 heteroatoms. The van der Waals surface area contributed by atoms with Gasteiger partial charge in [-0.2, -0.15) is 0 Å². The van der Waals surface area contributed by atoms with Crippen molar-refractivity contribution in [3.05, 3.63) is 0 Å². The van der Waals surface area contributed by atoms with Gasteiger partial charge in [0.2, 0.25) is 11.8 Å². The van der Waals surface area contributed by atoms with Crippen LogP contribution < -0.4 is 11.1 Å². The highest BCUT2D eigenvalue weighted by atomic mass is 16.3. The number of aliphatic hydroxyl groups is 1. The van der Waals surface area contributed by atoms with Crippen LogP contribution in [-0.2, 0) is 9.59 Å². The van der Waals surface area contributed by atoms with Gasteiger partial charge in [0, 0.05) is 19.4 Å². The number of unbranched alkanes of at least 4 members (excludes halogenated alkanes) is 1. The number of hydrogen-bond donors (Lipinski definition) is 3. The van der Waals surface area contributed by atoms with E-state index in [2.05, 4.69) is 5.32 Å². The largest absolute Gasteiger partial charge is 0.395 e. The third kappa shape index (κ3) is 8.81. The first-order valence-electron chi connectivity index (χ1n) is 4.32. The van der Waals surface area contributed by atoms with Gasteiger partial charge in [-0.1, -0.05) is 0 Å². The number of carbonyl (C=O) groups excluding carboxylic acids is 2. The molecule has 0 aromatic rings. The Bertz CT molecular complexity index is 171. The quantitative estimate of drug-likeness (QED) is 0.454. The van der Waals surface area contributed by atoms with Gasteiger partial charge in [-0.05, 0) is 12.8 Å². The van der Waals surface area contributed by atoms with Crippen LogP contribution in [-0.4, -0.2) is 30.1 Å². The first kappa shape index (κ1) is 11.9. The minimum Gasteiger partial charge on any atom is -0.395 e. The number of carbonyl (C=O) groups is 2. The monoisotopic (exact) mass is 188 g/mol. The van der Waals surface area contributed by atoms with Crippen molar-refractivity contribution >= 4 is 11.8 Å². The number of nitrogens with two attached hydrogens (primary N) is 1. The Morgan fingerprint density at radius 3 is 2.38 bits per heavy atom. The van der Waals surface area contributed by atoms with Gasteiger partial charge in [0.15, 0.2) is 0 Å². The molecule has 0 aliphatic rings. The fourth-order valence-electron chi connectivity index (χ4n) is 0.868. The zero-order valence-electron chi connectivity index (χ0n) is 7.58. The number of hydrogen-bond acceptors (Lipinski definition) is 3. The summed E-state index contributed by atoms with van der Waals surface area (Å²) in [6.07, 6.45) is 2.00. The number of primary amides is 1. The maximum Gasteiger partial charge on any atom is 0.220 e. The van der Waals surface area contributed by atoms with E-state index < -0.39 is 0 Å². The molecule has 0 saturated heterocycles. The van der Waals surface area contributed by atoms with Crippen LogP contribution >= 0.6 is 0 Å². The van der Waals surface area contributed by atoms with Gasteiger partial charge >= 0.3 is 0 Å². The van der Waals surface area contributed by atoms with Crippen molar-refractivity contribution in [3.63, 3.8) is 0 Å². The number of nitrogens with one attached hydrogen (secondary N) is 1. The number of amides is 2. The molecule has 5 nitrogen and oxygen atoms in total. The topological polar surface area (TPSA) is 92.4 Å². The van der Waals surface area contributed by atoms with Crippen molar-refractivity contribution in [2.75, 3.05) is 13.2 Å².